The maximum atomic E-state index is 13.6. The van der Waals surface area contributed by atoms with Crippen LogP contribution in [0.15, 0.2) is 68.5 Å². The zero-order valence-electron chi connectivity index (χ0n) is 22.1. The molecule has 2 atom stereocenters. The maximum Gasteiger partial charge on any atom is -0.147 e. The van der Waals surface area contributed by atoms with Crippen molar-refractivity contribution < 1.29 is 43.7 Å². The summed E-state index contributed by atoms with van der Waals surface area (Å²) in [7, 11) is 0. The largest absolute Gasteiger partial charge is 0.147 e. The molecule has 38 heavy (non-hydrogen) atoms. The van der Waals surface area contributed by atoms with Crippen molar-refractivity contribution in [1.29, 1.82) is 0 Å². The zero-order valence-corrected chi connectivity index (χ0v) is 27.6. The summed E-state index contributed by atoms with van der Waals surface area (Å²) in [6.07, 6.45) is -7.81. The molecular weight excluding hydrogens is 641 g/mol. The van der Waals surface area contributed by atoms with Gasteiger partial charge in [0.2, 0.25) is 0 Å². The first-order chi connectivity index (χ1) is 16.3. The molecule has 2 unspecified atom stereocenters. The summed E-state index contributed by atoms with van der Waals surface area (Å²) in [5.41, 5.74) is 3.47. The summed E-state index contributed by atoms with van der Waals surface area (Å²) in [5, 5.41) is 0. The first-order valence-corrected chi connectivity index (χ1v) is 25.4. The van der Waals surface area contributed by atoms with Crippen LogP contribution in [0.4, 0.5) is 26.3 Å². The fourth-order valence-corrected chi connectivity index (χ4v) is 24.9. The van der Waals surface area contributed by atoms with Gasteiger partial charge in [0.1, 0.15) is 0 Å². The molecule has 0 heterocycles. The van der Waals surface area contributed by atoms with Crippen molar-refractivity contribution in [2.24, 2.45) is 5.92 Å². The second-order valence-electron chi connectivity index (χ2n) is 11.3. The van der Waals surface area contributed by atoms with Gasteiger partial charge < -0.3 is 0 Å². The van der Waals surface area contributed by atoms with Crippen LogP contribution in [0, 0.1) is 5.92 Å². The molecular formula is C28H32Cl2F6SiZr. The molecule has 2 aliphatic rings. The third-order valence-electron chi connectivity index (χ3n) is 8.34. The van der Waals surface area contributed by atoms with Crippen LogP contribution in [0.2, 0.25) is 9.26 Å². The van der Waals surface area contributed by atoms with E-state index in [9.17, 15) is 26.3 Å². The summed E-state index contributed by atoms with van der Waals surface area (Å²) in [4.78, 5) is 0. The van der Waals surface area contributed by atoms with Crippen molar-refractivity contribution in [3.63, 3.8) is 0 Å². The Kier molecular flexibility index (Phi) is 9.06. The van der Waals surface area contributed by atoms with Crippen molar-refractivity contribution in [3.05, 3.63) is 96.4 Å². The number of halogens is 8. The van der Waals surface area contributed by atoms with Crippen LogP contribution in [0.25, 0.3) is 5.57 Å². The molecule has 0 aromatic heterocycles. The minimum atomic E-state index is -4.89. The zero-order chi connectivity index (χ0) is 27.0. The Bertz CT molecular complexity index is 1410. The molecule has 0 nitrogen and oxygen atoms in total. The molecule has 0 aliphatic heterocycles. The summed E-state index contributed by atoms with van der Waals surface area (Å²) in [5.74, 6) is 0.276. The summed E-state index contributed by atoms with van der Waals surface area (Å²) in [6, 6.07) is 9.39. The van der Waals surface area contributed by atoms with E-state index in [1.54, 1.807) is 6.07 Å². The molecule has 0 radical (unpaired) electrons. The number of allylic oxidation sites excluding steroid dienone is 5. The third kappa shape index (κ3) is 5.44. The van der Waals surface area contributed by atoms with Gasteiger partial charge in [-0.3, -0.25) is 0 Å². The smallest absolute Gasteiger partial charge is 0.147 e. The van der Waals surface area contributed by atoms with Gasteiger partial charge in [0.05, 0.1) is 0 Å². The van der Waals surface area contributed by atoms with Gasteiger partial charge in [0, 0.05) is 0 Å². The Morgan fingerprint density at radius 2 is 1.29 bits per heavy atom. The van der Waals surface area contributed by atoms with Crippen molar-refractivity contribution in [2.75, 3.05) is 0 Å². The first-order valence-electron chi connectivity index (χ1n) is 11.9. The number of hydrogen-bond acceptors (Lipinski definition) is 0. The van der Waals surface area contributed by atoms with E-state index in [-0.39, 0.29) is 46.0 Å². The number of fused-ring (bicyclic) bond motifs is 1. The normalized spacial score (nSPS) is 20.2. The minimum Gasteiger partial charge on any atom is -0.147 e. The molecule has 2 aromatic carbocycles. The van der Waals surface area contributed by atoms with Crippen LogP contribution < -0.4 is 0 Å². The topological polar surface area (TPSA) is 0 Å². The summed E-state index contributed by atoms with van der Waals surface area (Å²) >= 11 is -3.87. The van der Waals surface area contributed by atoms with Gasteiger partial charge in [-0.2, -0.15) is 0 Å². The van der Waals surface area contributed by atoms with Crippen molar-refractivity contribution in [1.82, 2.24) is 0 Å². The van der Waals surface area contributed by atoms with Gasteiger partial charge in [-0.05, 0) is 0 Å². The molecule has 10 heteroatoms. The number of hydrogen-bond donors (Lipinski definition) is 0. The fraction of sp³-hybridized carbons (Fsp3) is 0.357. The summed E-state index contributed by atoms with van der Waals surface area (Å²) < 4.78 is 87.9. The fourth-order valence-electron chi connectivity index (χ4n) is 6.35. The van der Waals surface area contributed by atoms with E-state index in [2.05, 4.69) is 43.8 Å². The van der Waals surface area contributed by atoms with E-state index in [1.807, 2.05) is 24.3 Å². The van der Waals surface area contributed by atoms with E-state index >= 15 is 0 Å². The Morgan fingerprint density at radius 3 is 1.74 bits per heavy atom. The van der Waals surface area contributed by atoms with E-state index in [1.165, 1.54) is 20.0 Å². The molecule has 2 aromatic rings. The predicted octanol–water partition coefficient (Wildman–Crippen LogP) is 9.65. The Labute approximate surface area is 235 Å². The minimum absolute atomic E-state index is 0. The van der Waals surface area contributed by atoms with Crippen molar-refractivity contribution in [2.45, 2.75) is 52.9 Å². The third-order valence-corrected chi connectivity index (χ3v) is 25.6. The van der Waals surface area contributed by atoms with Crippen LogP contribution in [0.5, 0.6) is 0 Å². The second-order valence-corrected chi connectivity index (χ2v) is 40.9. The quantitative estimate of drug-likeness (QED) is 0.225. The van der Waals surface area contributed by atoms with Crippen LogP contribution in [-0.2, 0) is 29.8 Å². The van der Waals surface area contributed by atoms with Crippen LogP contribution in [0.3, 0.4) is 0 Å². The average molecular weight is 673 g/mol. The van der Waals surface area contributed by atoms with Gasteiger partial charge in [-0.25, -0.2) is 0 Å². The van der Waals surface area contributed by atoms with Gasteiger partial charge in [0.25, 0.3) is 0 Å². The number of benzene rings is 2. The molecule has 0 saturated carbocycles. The average Bonchev–Trinajstić information content (AvgIpc) is 3.25. The molecule has 0 amide bonds. The Balaban J connectivity index is 0.00000253. The van der Waals surface area contributed by atoms with Gasteiger partial charge in [-0.1, -0.05) is 0 Å². The monoisotopic (exact) mass is 670 g/mol. The van der Waals surface area contributed by atoms with Crippen LogP contribution in [-0.4, -0.2) is 6.88 Å². The van der Waals surface area contributed by atoms with Crippen LogP contribution >= 0.6 is 24.8 Å². The molecule has 2 aliphatic carbocycles. The Hall–Kier alpha value is -1.08. The molecule has 0 spiro atoms. The van der Waals surface area contributed by atoms with E-state index in [0.717, 1.165) is 23.3 Å². The number of alkyl halides is 6. The first kappa shape index (κ1) is 33.1. The molecule has 4 rings (SSSR count). The Morgan fingerprint density at radius 1 is 0.789 bits per heavy atom. The second kappa shape index (κ2) is 10.4. The van der Waals surface area contributed by atoms with Gasteiger partial charge in [0.15, 0.2) is 0 Å². The van der Waals surface area contributed by atoms with Gasteiger partial charge >= 0.3 is 211 Å². The number of rotatable bonds is 3. The molecule has 0 fully saturated rings. The summed E-state index contributed by atoms with van der Waals surface area (Å²) in [6.45, 7) is 10.7. The van der Waals surface area contributed by atoms with E-state index in [4.69, 9.17) is 0 Å². The standard InChI is InChI=1S/C17H9F6.C9H13.2CH3.2ClH.H2Si.Zr/c18-16(19,20)12-7-11(8-13(9-12)17(21,22)23)15-6-5-10-3-1-2-4-14(10)15;1-6-5-7(2)9(4)8(6)3;;;;;;/h1-9H;6H,1-4H3;2*1H3;2*1H;1H2;. The SMILES string of the molecule is CC1=C(C)C(C)[C]([Zr]([CH3])([CH3])(=[SiH2])[CH]2C=C(c3cc(C(F)(F)F)cc(C(F)(F)F)c3)c3ccccc32)=C1C.Cl.Cl. The predicted molar refractivity (Wildman–Crippen MR) is 148 cm³/mol. The van der Waals surface area contributed by atoms with E-state index in [0.29, 0.717) is 5.57 Å². The maximum absolute atomic E-state index is 13.6. The van der Waals surface area contributed by atoms with Crippen LogP contribution in [0.1, 0.15) is 59.1 Å². The molecule has 0 bridgehead atoms. The molecule has 0 saturated heterocycles. The van der Waals surface area contributed by atoms with E-state index < -0.39 is 40.9 Å². The molecule has 208 valence electrons. The van der Waals surface area contributed by atoms with Crippen molar-refractivity contribution in [3.8, 4) is 0 Å². The van der Waals surface area contributed by atoms with Crippen molar-refractivity contribution >= 4 is 37.3 Å². The molecule has 0 N–H and O–H groups in total. The van der Waals surface area contributed by atoms with Gasteiger partial charge in [-0.15, -0.1) is 24.8 Å².